The maximum Gasteiger partial charge on any atom is 0.109 e. The summed E-state index contributed by atoms with van der Waals surface area (Å²) >= 11 is 1.89. The zero-order chi connectivity index (χ0) is 35.6. The van der Waals surface area contributed by atoms with E-state index in [0.29, 0.717) is 0 Å². The fraction of sp³-hybridized carbons (Fsp3) is 0.0400. The van der Waals surface area contributed by atoms with Gasteiger partial charge in [-0.2, -0.15) is 0 Å². The summed E-state index contributed by atoms with van der Waals surface area (Å²) in [7, 11) is 0. The molecule has 54 heavy (non-hydrogen) atoms. The van der Waals surface area contributed by atoms with Crippen LogP contribution in [0.3, 0.4) is 0 Å². The van der Waals surface area contributed by atoms with Crippen LogP contribution in [0.15, 0.2) is 194 Å². The third-order valence-corrected chi connectivity index (χ3v) is 12.3. The lowest BCUT2D eigenvalue weighted by molar-refractivity contribution is 0.276. The van der Waals surface area contributed by atoms with E-state index in [4.69, 9.17) is 0 Å². The largest absolute Gasteiger partial charge is 0.332 e. The normalized spacial score (nSPS) is 15.7. The van der Waals surface area contributed by atoms with E-state index in [1.54, 1.807) is 0 Å². The molecule has 0 radical (unpaired) electrons. The summed E-state index contributed by atoms with van der Waals surface area (Å²) in [5.41, 5.74) is 12.2. The van der Waals surface area contributed by atoms with E-state index in [2.05, 4.69) is 209 Å². The minimum atomic E-state index is 0.0540. The maximum atomic E-state index is 3.88. The van der Waals surface area contributed by atoms with Gasteiger partial charge in [0.05, 0.1) is 11.0 Å². The highest BCUT2D eigenvalue weighted by Gasteiger charge is 2.39. The van der Waals surface area contributed by atoms with Crippen molar-refractivity contribution in [2.75, 3.05) is 4.90 Å². The molecule has 8 aromatic carbocycles. The summed E-state index contributed by atoms with van der Waals surface area (Å²) in [6.07, 6.45) is 0.126. The predicted octanol–water partition coefficient (Wildman–Crippen LogP) is 13.3. The number of aromatic nitrogens is 1. The quantitative estimate of drug-likeness (QED) is 0.185. The SMILES string of the molecule is c1ccc(-c2ccc(C3NC(c4ccccc4)N3c3ccc(-n4c5ccccc5c5ccc(-c6cccc7c6sc6ccccc67)cc54)cc3)cc2)cc1. The molecule has 11 rings (SSSR count). The van der Waals surface area contributed by atoms with Crippen LogP contribution in [-0.2, 0) is 0 Å². The standard InChI is InChI=1S/C50H35N3S/c1-3-12-33(13-4-1)34-22-24-36(25-23-34)50-51-49(35-14-5-2-6-15-35)53(50)39-29-27-38(28-30-39)52-45-20-9-7-16-41(45)42-31-26-37(32-46(42)52)40-18-11-19-44-43-17-8-10-21-47(43)54-48(40)44/h1-32,49-51H. The Morgan fingerprint density at radius 1 is 0.407 bits per heavy atom. The van der Waals surface area contributed by atoms with Gasteiger partial charge in [0.1, 0.15) is 12.3 Å². The summed E-state index contributed by atoms with van der Waals surface area (Å²) in [5.74, 6) is 0. The third-order valence-electron chi connectivity index (χ3n) is 11.1. The Hall–Kier alpha value is -6.46. The van der Waals surface area contributed by atoms with Crippen LogP contribution < -0.4 is 10.2 Å². The van der Waals surface area contributed by atoms with Crippen molar-refractivity contribution >= 4 is 59.0 Å². The van der Waals surface area contributed by atoms with E-state index in [0.717, 1.165) is 5.69 Å². The average molecular weight is 710 g/mol. The summed E-state index contributed by atoms with van der Waals surface area (Å²) in [5, 5.41) is 9.05. The molecule has 0 amide bonds. The Labute approximate surface area is 318 Å². The van der Waals surface area contributed by atoms with Crippen molar-refractivity contribution in [2.45, 2.75) is 12.3 Å². The second-order valence-corrected chi connectivity index (χ2v) is 15.2. The Balaban J connectivity index is 1.000. The molecule has 2 unspecified atom stereocenters. The Bertz CT molecular complexity index is 2960. The van der Waals surface area contributed by atoms with Crippen LogP contribution >= 0.6 is 11.3 Å². The molecule has 0 saturated carbocycles. The minimum absolute atomic E-state index is 0.0540. The molecule has 0 spiro atoms. The van der Waals surface area contributed by atoms with Gasteiger partial charge in [0.2, 0.25) is 0 Å². The summed E-state index contributed by atoms with van der Waals surface area (Å²) < 4.78 is 5.10. The first-order valence-corrected chi connectivity index (χ1v) is 19.4. The average Bonchev–Trinajstić information content (AvgIpc) is 3.77. The summed E-state index contributed by atoms with van der Waals surface area (Å²) in [4.78, 5) is 2.51. The van der Waals surface area contributed by atoms with Crippen LogP contribution in [0, 0.1) is 0 Å². The lowest BCUT2D eigenvalue weighted by atomic mass is 9.97. The summed E-state index contributed by atoms with van der Waals surface area (Å²) in [6.45, 7) is 0. The number of anilines is 1. The molecule has 1 saturated heterocycles. The first kappa shape index (κ1) is 31.1. The number of rotatable bonds is 6. The number of nitrogens with one attached hydrogen (secondary N) is 1. The molecule has 1 aliphatic rings. The molecule has 0 aliphatic carbocycles. The lowest BCUT2D eigenvalue weighted by Crippen LogP contribution is -2.57. The highest BCUT2D eigenvalue weighted by atomic mass is 32.1. The minimum Gasteiger partial charge on any atom is -0.332 e. The monoisotopic (exact) mass is 709 g/mol. The van der Waals surface area contributed by atoms with Crippen molar-refractivity contribution in [3.63, 3.8) is 0 Å². The van der Waals surface area contributed by atoms with E-state index in [1.807, 2.05) is 11.3 Å². The number of hydrogen-bond donors (Lipinski definition) is 1. The molecular weight excluding hydrogens is 675 g/mol. The van der Waals surface area contributed by atoms with Gasteiger partial charge < -0.3 is 9.47 Å². The molecule has 2 aromatic heterocycles. The fourth-order valence-corrected chi connectivity index (χ4v) is 9.72. The molecule has 0 bridgehead atoms. The fourth-order valence-electron chi connectivity index (χ4n) is 8.48. The van der Waals surface area contributed by atoms with Gasteiger partial charge in [0, 0.05) is 42.3 Å². The second-order valence-electron chi connectivity index (χ2n) is 14.2. The molecule has 1 aliphatic heterocycles. The van der Waals surface area contributed by atoms with Crippen molar-refractivity contribution in [2.24, 2.45) is 0 Å². The van der Waals surface area contributed by atoms with Crippen molar-refractivity contribution in [3.8, 4) is 27.9 Å². The van der Waals surface area contributed by atoms with E-state index >= 15 is 0 Å². The van der Waals surface area contributed by atoms with Crippen molar-refractivity contribution < 1.29 is 0 Å². The van der Waals surface area contributed by atoms with E-state index in [9.17, 15) is 0 Å². The van der Waals surface area contributed by atoms with Gasteiger partial charge in [0.15, 0.2) is 0 Å². The number of benzene rings is 8. The first-order chi connectivity index (χ1) is 26.8. The smallest absolute Gasteiger partial charge is 0.109 e. The van der Waals surface area contributed by atoms with Crippen molar-refractivity contribution in [1.29, 1.82) is 0 Å². The van der Waals surface area contributed by atoms with Gasteiger partial charge in [-0.15, -0.1) is 11.3 Å². The van der Waals surface area contributed by atoms with Gasteiger partial charge in [-0.05, 0) is 75.8 Å². The van der Waals surface area contributed by atoms with Gasteiger partial charge >= 0.3 is 0 Å². The van der Waals surface area contributed by atoms with Crippen LogP contribution in [0.2, 0.25) is 0 Å². The lowest BCUT2D eigenvalue weighted by Gasteiger charge is -2.52. The second kappa shape index (κ2) is 12.6. The number of fused-ring (bicyclic) bond motifs is 6. The summed E-state index contributed by atoms with van der Waals surface area (Å²) in [6, 6.07) is 70.8. The zero-order valence-electron chi connectivity index (χ0n) is 29.4. The highest BCUT2D eigenvalue weighted by Crippen LogP contribution is 2.44. The van der Waals surface area contributed by atoms with Crippen LogP contribution in [0.1, 0.15) is 23.5 Å². The number of thiophene rings is 1. The highest BCUT2D eigenvalue weighted by molar-refractivity contribution is 7.26. The maximum absolute atomic E-state index is 3.88. The zero-order valence-corrected chi connectivity index (χ0v) is 30.2. The number of hydrogen-bond acceptors (Lipinski definition) is 3. The molecule has 10 aromatic rings. The molecule has 2 atom stereocenters. The Morgan fingerprint density at radius 2 is 1.00 bits per heavy atom. The van der Waals surface area contributed by atoms with Gasteiger partial charge in [-0.3, -0.25) is 5.32 Å². The predicted molar refractivity (Wildman–Crippen MR) is 229 cm³/mol. The third kappa shape index (κ3) is 4.99. The molecule has 3 heterocycles. The van der Waals surface area contributed by atoms with E-state index < -0.39 is 0 Å². The van der Waals surface area contributed by atoms with Crippen LogP contribution in [0.25, 0.3) is 69.9 Å². The number of para-hydroxylation sites is 1. The van der Waals surface area contributed by atoms with Gasteiger partial charge in [-0.1, -0.05) is 152 Å². The van der Waals surface area contributed by atoms with Gasteiger partial charge in [0.25, 0.3) is 0 Å². The first-order valence-electron chi connectivity index (χ1n) is 18.6. The number of nitrogens with zero attached hydrogens (tertiary/aromatic N) is 2. The Morgan fingerprint density at radius 3 is 1.80 bits per heavy atom. The van der Waals surface area contributed by atoms with E-state index in [1.165, 1.54) is 81.0 Å². The van der Waals surface area contributed by atoms with Crippen LogP contribution in [0.5, 0.6) is 0 Å². The molecular formula is C50H35N3S. The van der Waals surface area contributed by atoms with Crippen LogP contribution in [0.4, 0.5) is 5.69 Å². The molecule has 4 heteroatoms. The van der Waals surface area contributed by atoms with Crippen molar-refractivity contribution in [1.82, 2.24) is 9.88 Å². The van der Waals surface area contributed by atoms with Crippen molar-refractivity contribution in [3.05, 3.63) is 205 Å². The molecule has 256 valence electrons. The molecule has 3 nitrogen and oxygen atoms in total. The Kier molecular flexibility index (Phi) is 7.25. The van der Waals surface area contributed by atoms with E-state index in [-0.39, 0.29) is 12.3 Å². The molecule has 1 fully saturated rings. The molecule has 1 N–H and O–H groups in total. The van der Waals surface area contributed by atoms with Gasteiger partial charge in [-0.25, -0.2) is 0 Å². The van der Waals surface area contributed by atoms with Crippen LogP contribution in [-0.4, -0.2) is 4.57 Å². The topological polar surface area (TPSA) is 20.2 Å².